The number of hydrogen-bond acceptors (Lipinski definition) is 5. The third-order valence-electron chi connectivity index (χ3n) is 3.65. The summed E-state index contributed by atoms with van der Waals surface area (Å²) < 4.78 is 5.38. The summed E-state index contributed by atoms with van der Waals surface area (Å²) in [4.78, 5) is 9.42. The molecule has 23 heavy (non-hydrogen) atoms. The maximum absolute atomic E-state index is 5.93. The molecule has 118 valence electrons. The summed E-state index contributed by atoms with van der Waals surface area (Å²) in [5.74, 6) is 1.73. The first-order valence-electron chi connectivity index (χ1n) is 7.53. The minimum Gasteiger partial charge on any atom is -0.497 e. The fourth-order valence-electron chi connectivity index (χ4n) is 2.54. The highest BCUT2D eigenvalue weighted by molar-refractivity contribution is 7.99. The van der Waals surface area contributed by atoms with E-state index in [2.05, 4.69) is 11.9 Å². The molecule has 0 bridgehead atoms. The molecule has 0 saturated carbocycles. The second-order valence-corrected chi connectivity index (χ2v) is 6.26. The first-order valence-corrected chi connectivity index (χ1v) is 8.52. The van der Waals surface area contributed by atoms with Crippen molar-refractivity contribution in [3.05, 3.63) is 48.0 Å². The molecule has 0 aliphatic carbocycles. The van der Waals surface area contributed by atoms with Gasteiger partial charge in [0.25, 0.3) is 0 Å². The van der Waals surface area contributed by atoms with Crippen molar-refractivity contribution in [1.29, 1.82) is 0 Å². The fourth-order valence-corrected chi connectivity index (χ4v) is 3.11. The lowest BCUT2D eigenvalue weighted by atomic mass is 10.0. The summed E-state index contributed by atoms with van der Waals surface area (Å²) in [5.41, 5.74) is 9.83. The van der Waals surface area contributed by atoms with Crippen LogP contribution in [0.15, 0.2) is 47.6 Å². The molecule has 0 unspecified atom stereocenters. The first kappa shape index (κ1) is 15.8. The Morgan fingerprint density at radius 2 is 1.96 bits per heavy atom. The highest BCUT2D eigenvalue weighted by atomic mass is 32.2. The van der Waals surface area contributed by atoms with Gasteiger partial charge in [0.05, 0.1) is 18.3 Å². The zero-order valence-electron chi connectivity index (χ0n) is 13.2. The van der Waals surface area contributed by atoms with Crippen molar-refractivity contribution in [1.82, 2.24) is 9.97 Å². The molecule has 0 spiro atoms. The van der Waals surface area contributed by atoms with Crippen molar-refractivity contribution in [3.8, 4) is 17.0 Å². The van der Waals surface area contributed by atoms with Gasteiger partial charge in [0.2, 0.25) is 0 Å². The van der Waals surface area contributed by atoms with Crippen LogP contribution in [0.5, 0.6) is 5.75 Å². The second kappa shape index (κ2) is 6.98. The van der Waals surface area contributed by atoms with Crippen molar-refractivity contribution in [2.24, 2.45) is 5.73 Å². The van der Waals surface area contributed by atoms with Gasteiger partial charge in [-0.05, 0) is 29.5 Å². The Balaban J connectivity index is 2.30. The van der Waals surface area contributed by atoms with Gasteiger partial charge in [0.1, 0.15) is 5.75 Å². The molecule has 0 atom stereocenters. The normalized spacial score (nSPS) is 10.9. The van der Waals surface area contributed by atoms with Crippen LogP contribution in [-0.4, -0.2) is 22.8 Å². The Hall–Kier alpha value is -2.11. The summed E-state index contributed by atoms with van der Waals surface area (Å²) in [5, 5.41) is 1.81. The SMILES string of the molecule is CCSc1nc(-c2cc(OC)ccc2CN)c2ccccc2n1. The second-order valence-electron chi connectivity index (χ2n) is 5.03. The minimum absolute atomic E-state index is 0.452. The molecule has 0 fully saturated rings. The van der Waals surface area contributed by atoms with Crippen molar-refractivity contribution in [2.75, 3.05) is 12.9 Å². The van der Waals surface area contributed by atoms with Crippen LogP contribution < -0.4 is 10.5 Å². The largest absolute Gasteiger partial charge is 0.497 e. The van der Waals surface area contributed by atoms with Gasteiger partial charge in [-0.15, -0.1) is 0 Å². The van der Waals surface area contributed by atoms with Gasteiger partial charge in [0, 0.05) is 17.5 Å². The molecule has 0 radical (unpaired) electrons. The Bertz CT molecular complexity index is 836. The highest BCUT2D eigenvalue weighted by Crippen LogP contribution is 2.33. The molecule has 1 heterocycles. The number of thioether (sulfide) groups is 1. The van der Waals surface area contributed by atoms with Crippen LogP contribution in [0.2, 0.25) is 0 Å². The molecule has 3 aromatic rings. The zero-order chi connectivity index (χ0) is 16.2. The van der Waals surface area contributed by atoms with E-state index >= 15 is 0 Å². The Labute approximate surface area is 140 Å². The Morgan fingerprint density at radius 3 is 2.70 bits per heavy atom. The number of nitrogens with zero attached hydrogens (tertiary/aromatic N) is 2. The van der Waals surface area contributed by atoms with E-state index in [0.717, 1.165) is 44.4 Å². The number of nitrogens with two attached hydrogens (primary N) is 1. The van der Waals surface area contributed by atoms with E-state index in [4.69, 9.17) is 15.5 Å². The van der Waals surface area contributed by atoms with Gasteiger partial charge >= 0.3 is 0 Å². The van der Waals surface area contributed by atoms with E-state index in [-0.39, 0.29) is 0 Å². The van der Waals surface area contributed by atoms with Crippen LogP contribution in [0.3, 0.4) is 0 Å². The molecule has 3 rings (SSSR count). The predicted octanol–water partition coefficient (Wildman–Crippen LogP) is 3.88. The molecule has 1 aromatic heterocycles. The average molecular weight is 325 g/mol. The minimum atomic E-state index is 0.452. The lowest BCUT2D eigenvalue weighted by Crippen LogP contribution is -2.02. The predicted molar refractivity (Wildman–Crippen MR) is 95.8 cm³/mol. The van der Waals surface area contributed by atoms with Gasteiger partial charge in [0.15, 0.2) is 5.16 Å². The molecule has 0 saturated heterocycles. The van der Waals surface area contributed by atoms with E-state index < -0.39 is 0 Å². The van der Waals surface area contributed by atoms with E-state index in [1.165, 1.54) is 0 Å². The van der Waals surface area contributed by atoms with Crippen molar-refractivity contribution in [3.63, 3.8) is 0 Å². The molecule has 0 aliphatic heterocycles. The van der Waals surface area contributed by atoms with Crippen molar-refractivity contribution < 1.29 is 4.74 Å². The van der Waals surface area contributed by atoms with E-state index in [9.17, 15) is 0 Å². The maximum atomic E-state index is 5.93. The van der Waals surface area contributed by atoms with Gasteiger partial charge in [-0.2, -0.15) is 0 Å². The molecule has 5 heteroatoms. The standard InChI is InChI=1S/C18H19N3OS/c1-3-23-18-20-16-7-5-4-6-14(16)17(21-18)15-10-13(22-2)9-8-12(15)11-19/h4-10H,3,11,19H2,1-2H3. The van der Waals surface area contributed by atoms with Crippen LogP contribution in [0.1, 0.15) is 12.5 Å². The Morgan fingerprint density at radius 1 is 1.13 bits per heavy atom. The van der Waals surface area contributed by atoms with Gasteiger partial charge in [-0.1, -0.05) is 43.0 Å². The number of para-hydroxylation sites is 1. The number of rotatable bonds is 5. The fraction of sp³-hybridized carbons (Fsp3) is 0.222. The maximum Gasteiger partial charge on any atom is 0.188 e. The summed E-state index contributed by atoms with van der Waals surface area (Å²) in [7, 11) is 1.66. The molecule has 0 aliphatic rings. The topological polar surface area (TPSA) is 61.0 Å². The monoisotopic (exact) mass is 325 g/mol. The van der Waals surface area contributed by atoms with E-state index in [1.54, 1.807) is 18.9 Å². The number of hydrogen-bond donors (Lipinski definition) is 1. The first-order chi connectivity index (χ1) is 11.3. The van der Waals surface area contributed by atoms with Gasteiger partial charge in [-0.25, -0.2) is 9.97 Å². The van der Waals surface area contributed by atoms with Crippen LogP contribution in [0.4, 0.5) is 0 Å². The quantitative estimate of drug-likeness (QED) is 0.570. The molecule has 4 nitrogen and oxygen atoms in total. The highest BCUT2D eigenvalue weighted by Gasteiger charge is 2.13. The molecule has 0 amide bonds. The number of fused-ring (bicyclic) bond motifs is 1. The number of benzene rings is 2. The van der Waals surface area contributed by atoms with E-state index in [0.29, 0.717) is 6.54 Å². The van der Waals surface area contributed by atoms with E-state index in [1.807, 2.05) is 42.5 Å². The molecular formula is C18H19N3OS. The van der Waals surface area contributed by atoms with Crippen LogP contribution in [0.25, 0.3) is 22.2 Å². The van der Waals surface area contributed by atoms with Crippen molar-refractivity contribution >= 4 is 22.7 Å². The third-order valence-corrected chi connectivity index (χ3v) is 4.38. The number of ether oxygens (including phenoxy) is 1. The lowest BCUT2D eigenvalue weighted by Gasteiger charge is -2.13. The smallest absolute Gasteiger partial charge is 0.188 e. The van der Waals surface area contributed by atoms with Gasteiger partial charge in [-0.3, -0.25) is 0 Å². The third kappa shape index (κ3) is 3.16. The van der Waals surface area contributed by atoms with Crippen LogP contribution >= 0.6 is 11.8 Å². The lowest BCUT2D eigenvalue weighted by molar-refractivity contribution is 0.415. The summed E-state index contributed by atoms with van der Waals surface area (Å²) in [6.07, 6.45) is 0. The van der Waals surface area contributed by atoms with Crippen LogP contribution in [-0.2, 0) is 6.54 Å². The summed E-state index contributed by atoms with van der Waals surface area (Å²) >= 11 is 1.64. The molecule has 2 aromatic carbocycles. The molecular weight excluding hydrogens is 306 g/mol. The molecule has 2 N–H and O–H groups in total. The van der Waals surface area contributed by atoms with Gasteiger partial charge < -0.3 is 10.5 Å². The number of aromatic nitrogens is 2. The van der Waals surface area contributed by atoms with Crippen molar-refractivity contribution in [2.45, 2.75) is 18.6 Å². The Kier molecular flexibility index (Phi) is 4.79. The zero-order valence-corrected chi connectivity index (χ0v) is 14.1. The van der Waals surface area contributed by atoms with Crippen LogP contribution in [0, 0.1) is 0 Å². The number of methoxy groups -OCH3 is 1. The summed E-state index contributed by atoms with van der Waals surface area (Å²) in [6.45, 7) is 2.55. The average Bonchev–Trinajstić information content (AvgIpc) is 2.60. The summed E-state index contributed by atoms with van der Waals surface area (Å²) in [6, 6.07) is 14.0.